The van der Waals surface area contributed by atoms with Gasteiger partial charge in [0.2, 0.25) is 0 Å². The van der Waals surface area contributed by atoms with Crippen LogP contribution >= 0.6 is 0 Å². The maximum Gasteiger partial charge on any atom is 0.303 e. The highest BCUT2D eigenvalue weighted by Crippen LogP contribution is 1.96. The van der Waals surface area contributed by atoms with Gasteiger partial charge in [-0.2, -0.15) is 0 Å². The molecule has 0 fully saturated rings. The predicted molar refractivity (Wildman–Crippen MR) is 60.5 cm³/mol. The number of nitrogens with two attached hydrogens (primary N) is 1. The first-order chi connectivity index (χ1) is 8.13. The molecule has 1 heterocycles. The van der Waals surface area contributed by atoms with Crippen molar-refractivity contribution in [3.05, 3.63) is 18.2 Å². The largest absolute Gasteiger partial charge is 0.481 e. The standard InChI is InChI=1S/C10H16N4O3/c11-3-5-14-6-8(13-7-14)10(17)12-4-1-2-9(15)16/h6-7H,1-5,11H2,(H,12,17)(H,15,16). The van der Waals surface area contributed by atoms with Gasteiger partial charge >= 0.3 is 5.97 Å². The summed E-state index contributed by atoms with van der Waals surface area (Å²) in [6, 6.07) is 0. The van der Waals surface area contributed by atoms with Crippen LogP contribution in [0.3, 0.4) is 0 Å². The third kappa shape index (κ3) is 4.64. The Kier molecular flexibility index (Phi) is 5.15. The minimum Gasteiger partial charge on any atom is -0.481 e. The normalized spacial score (nSPS) is 10.2. The summed E-state index contributed by atoms with van der Waals surface area (Å²) in [7, 11) is 0. The van der Waals surface area contributed by atoms with Crippen LogP contribution in [-0.2, 0) is 11.3 Å². The van der Waals surface area contributed by atoms with Crippen LogP contribution < -0.4 is 11.1 Å². The number of carbonyl (C=O) groups is 2. The van der Waals surface area contributed by atoms with E-state index in [1.807, 2.05) is 0 Å². The van der Waals surface area contributed by atoms with E-state index < -0.39 is 5.97 Å². The molecule has 17 heavy (non-hydrogen) atoms. The van der Waals surface area contributed by atoms with Crippen LogP contribution in [0.25, 0.3) is 0 Å². The summed E-state index contributed by atoms with van der Waals surface area (Å²) in [5.41, 5.74) is 5.68. The first-order valence-corrected chi connectivity index (χ1v) is 5.35. The first-order valence-electron chi connectivity index (χ1n) is 5.35. The molecule has 0 aliphatic carbocycles. The lowest BCUT2D eigenvalue weighted by Crippen LogP contribution is -2.25. The van der Waals surface area contributed by atoms with E-state index in [0.29, 0.717) is 31.7 Å². The number of hydrogen-bond acceptors (Lipinski definition) is 4. The summed E-state index contributed by atoms with van der Waals surface area (Å²) in [6.07, 6.45) is 3.60. The van der Waals surface area contributed by atoms with Crippen molar-refractivity contribution >= 4 is 11.9 Å². The highest BCUT2D eigenvalue weighted by molar-refractivity contribution is 5.91. The number of rotatable bonds is 7. The predicted octanol–water partition coefficient (Wildman–Crippen LogP) is -0.564. The van der Waals surface area contributed by atoms with Gasteiger partial charge in [0, 0.05) is 32.3 Å². The van der Waals surface area contributed by atoms with Crippen molar-refractivity contribution in [1.29, 1.82) is 0 Å². The van der Waals surface area contributed by atoms with Gasteiger partial charge in [0.15, 0.2) is 0 Å². The Morgan fingerprint density at radius 3 is 2.94 bits per heavy atom. The molecule has 0 aromatic carbocycles. The second-order valence-electron chi connectivity index (χ2n) is 3.54. The number of carbonyl (C=O) groups excluding carboxylic acids is 1. The Balaban J connectivity index is 2.33. The van der Waals surface area contributed by atoms with Crippen LogP contribution in [0.5, 0.6) is 0 Å². The number of hydrogen-bond donors (Lipinski definition) is 3. The number of carboxylic acid groups (broad SMARTS) is 1. The zero-order chi connectivity index (χ0) is 12.7. The molecule has 0 radical (unpaired) electrons. The van der Waals surface area contributed by atoms with Crippen molar-refractivity contribution in [3.8, 4) is 0 Å². The lowest BCUT2D eigenvalue weighted by Gasteiger charge is -2.01. The minimum atomic E-state index is -0.869. The van der Waals surface area contributed by atoms with Crippen molar-refractivity contribution in [2.75, 3.05) is 13.1 Å². The maximum atomic E-state index is 11.5. The molecule has 94 valence electrons. The van der Waals surface area contributed by atoms with Gasteiger partial charge in [0.1, 0.15) is 5.69 Å². The zero-order valence-corrected chi connectivity index (χ0v) is 9.43. The van der Waals surface area contributed by atoms with E-state index in [2.05, 4.69) is 10.3 Å². The number of aromatic nitrogens is 2. The van der Waals surface area contributed by atoms with Gasteiger partial charge < -0.3 is 20.7 Å². The van der Waals surface area contributed by atoms with E-state index in [9.17, 15) is 9.59 Å². The molecule has 1 rings (SSSR count). The lowest BCUT2D eigenvalue weighted by molar-refractivity contribution is -0.137. The summed E-state index contributed by atoms with van der Waals surface area (Å²) >= 11 is 0. The van der Waals surface area contributed by atoms with E-state index in [-0.39, 0.29) is 12.3 Å². The van der Waals surface area contributed by atoms with E-state index in [1.165, 1.54) is 0 Å². The van der Waals surface area contributed by atoms with Gasteiger partial charge in [0.25, 0.3) is 5.91 Å². The van der Waals surface area contributed by atoms with Crippen LogP contribution in [0.4, 0.5) is 0 Å². The van der Waals surface area contributed by atoms with Crippen LogP contribution in [0.15, 0.2) is 12.5 Å². The monoisotopic (exact) mass is 240 g/mol. The fraction of sp³-hybridized carbons (Fsp3) is 0.500. The van der Waals surface area contributed by atoms with Gasteiger partial charge in [-0.3, -0.25) is 9.59 Å². The second-order valence-corrected chi connectivity index (χ2v) is 3.54. The quantitative estimate of drug-likeness (QED) is 0.553. The van der Waals surface area contributed by atoms with E-state index in [4.69, 9.17) is 10.8 Å². The van der Waals surface area contributed by atoms with Crippen LogP contribution in [-0.4, -0.2) is 39.6 Å². The molecular formula is C10H16N4O3. The number of aliphatic carboxylic acids is 1. The summed E-state index contributed by atoms with van der Waals surface area (Å²) in [4.78, 5) is 25.7. The van der Waals surface area contributed by atoms with Crippen LogP contribution in [0.2, 0.25) is 0 Å². The van der Waals surface area contributed by atoms with Gasteiger partial charge in [-0.1, -0.05) is 0 Å². The smallest absolute Gasteiger partial charge is 0.303 e. The molecule has 0 spiro atoms. The fourth-order valence-corrected chi connectivity index (χ4v) is 1.28. The van der Waals surface area contributed by atoms with E-state index >= 15 is 0 Å². The Bertz CT molecular complexity index is 389. The van der Waals surface area contributed by atoms with Gasteiger partial charge in [-0.15, -0.1) is 0 Å². The fourth-order valence-electron chi connectivity index (χ4n) is 1.28. The Morgan fingerprint density at radius 1 is 1.53 bits per heavy atom. The Labute approximate surface area is 98.6 Å². The molecule has 0 aliphatic heterocycles. The number of nitrogens with one attached hydrogen (secondary N) is 1. The highest BCUT2D eigenvalue weighted by Gasteiger charge is 2.08. The highest BCUT2D eigenvalue weighted by atomic mass is 16.4. The molecule has 1 aromatic heterocycles. The van der Waals surface area contributed by atoms with Crippen molar-refractivity contribution in [1.82, 2.24) is 14.9 Å². The molecule has 0 bridgehead atoms. The summed E-state index contributed by atoms with van der Waals surface area (Å²) in [6.45, 7) is 1.42. The molecule has 1 amide bonds. The minimum absolute atomic E-state index is 0.0435. The van der Waals surface area contributed by atoms with E-state index in [0.717, 1.165) is 0 Å². The SMILES string of the molecule is NCCn1cnc(C(=O)NCCCC(=O)O)c1. The molecule has 0 saturated carbocycles. The third-order valence-electron chi connectivity index (χ3n) is 2.11. The molecule has 0 unspecified atom stereocenters. The van der Waals surface area contributed by atoms with Gasteiger partial charge in [-0.25, -0.2) is 4.98 Å². The van der Waals surface area contributed by atoms with Crippen LogP contribution in [0.1, 0.15) is 23.3 Å². The maximum absolute atomic E-state index is 11.5. The number of amides is 1. The average molecular weight is 240 g/mol. The molecule has 7 heteroatoms. The molecule has 4 N–H and O–H groups in total. The van der Waals surface area contributed by atoms with Crippen molar-refractivity contribution < 1.29 is 14.7 Å². The average Bonchev–Trinajstić information content (AvgIpc) is 2.73. The molecule has 7 nitrogen and oxygen atoms in total. The second kappa shape index (κ2) is 6.64. The topological polar surface area (TPSA) is 110 Å². The molecular weight excluding hydrogens is 224 g/mol. The van der Waals surface area contributed by atoms with Crippen LogP contribution in [0, 0.1) is 0 Å². The lowest BCUT2D eigenvalue weighted by atomic mass is 10.3. The molecule has 0 aliphatic rings. The zero-order valence-electron chi connectivity index (χ0n) is 9.43. The number of nitrogens with zero attached hydrogens (tertiary/aromatic N) is 2. The summed E-state index contributed by atoms with van der Waals surface area (Å²) in [5, 5.41) is 11.0. The number of imidazole rings is 1. The Morgan fingerprint density at radius 2 is 2.29 bits per heavy atom. The summed E-state index contributed by atoms with van der Waals surface area (Å²) in [5.74, 6) is -1.17. The van der Waals surface area contributed by atoms with Crippen molar-refractivity contribution in [2.24, 2.45) is 5.73 Å². The first kappa shape index (κ1) is 13.2. The number of carboxylic acids is 1. The molecule has 0 saturated heterocycles. The molecule has 1 aromatic rings. The third-order valence-corrected chi connectivity index (χ3v) is 2.11. The Hall–Kier alpha value is -1.89. The summed E-state index contributed by atoms with van der Waals surface area (Å²) < 4.78 is 1.73. The van der Waals surface area contributed by atoms with Gasteiger partial charge in [0.05, 0.1) is 6.33 Å². The molecule has 0 atom stereocenters. The van der Waals surface area contributed by atoms with Crippen molar-refractivity contribution in [2.45, 2.75) is 19.4 Å². The van der Waals surface area contributed by atoms with E-state index in [1.54, 1.807) is 17.1 Å². The van der Waals surface area contributed by atoms with Gasteiger partial charge in [-0.05, 0) is 6.42 Å². The van der Waals surface area contributed by atoms with Crippen molar-refractivity contribution in [3.63, 3.8) is 0 Å².